The summed E-state index contributed by atoms with van der Waals surface area (Å²) in [6.45, 7) is 0. The van der Waals surface area contributed by atoms with Gasteiger partial charge >= 0.3 is 0 Å². The van der Waals surface area contributed by atoms with Crippen LogP contribution in [0.1, 0.15) is 0 Å². The minimum Gasteiger partial charge on any atom is -0.540 e. The fraction of sp³-hybridized carbons (Fsp3) is 0.333. The van der Waals surface area contributed by atoms with Crippen molar-refractivity contribution in [2.75, 3.05) is 7.05 Å². The quantitative estimate of drug-likeness (QED) is 0.343. The zero-order valence-electron chi connectivity index (χ0n) is 3.72. The van der Waals surface area contributed by atoms with Gasteiger partial charge in [-0.05, 0) is 0 Å². The predicted molar refractivity (Wildman–Crippen MR) is 19.1 cm³/mol. The van der Waals surface area contributed by atoms with Crippen molar-refractivity contribution in [1.82, 2.24) is 5.32 Å². The third kappa shape index (κ3) is 1.75. The highest BCUT2D eigenvalue weighted by Crippen LogP contribution is 1.51. The highest BCUT2D eigenvalue weighted by Gasteiger charge is 1.92. The van der Waals surface area contributed by atoms with E-state index >= 15 is 0 Å². The number of hydrogen-bond donors (Lipinski definition) is 1. The van der Waals surface area contributed by atoms with Crippen LogP contribution in [0.5, 0.6) is 0 Å². The molecule has 1 N–H and O–H groups in total. The summed E-state index contributed by atoms with van der Waals surface area (Å²) >= 11 is 0. The molecule has 0 unspecified atom stereocenters. The molecule has 0 aliphatic carbocycles. The Bertz CT molecular complexity index is 98.4. The fourth-order valence-corrected chi connectivity index (χ4v) is 0.102. The molecule has 0 saturated heterocycles. The van der Waals surface area contributed by atoms with Crippen LogP contribution in [-0.4, -0.2) is 18.9 Å². The van der Waals surface area contributed by atoms with Crippen LogP contribution >= 0.6 is 0 Å². The smallest absolute Gasteiger partial charge is 0.266 e. The van der Waals surface area contributed by atoms with Gasteiger partial charge in [-0.25, -0.2) is 0 Å². The maximum Gasteiger partial charge on any atom is 0.266 e. The minimum absolute atomic E-state index is 1.10. The molecule has 0 rings (SSSR count). The third-order valence-electron chi connectivity index (χ3n) is 0.412. The summed E-state index contributed by atoms with van der Waals surface area (Å²) in [5, 5.41) is 11.3. The number of hydrogen-bond acceptors (Lipinski definition) is 3. The molecule has 0 fully saturated rings. The van der Waals surface area contributed by atoms with Crippen molar-refractivity contribution in [3.63, 3.8) is 0 Å². The molecule has 0 aliphatic heterocycles. The lowest BCUT2D eigenvalue weighted by Crippen LogP contribution is -2.39. The molecule has 4 heteroatoms. The van der Waals surface area contributed by atoms with Gasteiger partial charge in [0.05, 0.1) is 0 Å². The van der Waals surface area contributed by atoms with Gasteiger partial charge in [0.15, 0.2) is 0 Å². The van der Waals surface area contributed by atoms with Gasteiger partial charge in [-0.15, -0.1) is 0 Å². The second-order valence-corrected chi connectivity index (χ2v) is 0.867. The van der Waals surface area contributed by atoms with E-state index in [2.05, 4.69) is 0 Å². The van der Waals surface area contributed by atoms with Crippen LogP contribution in [0.3, 0.4) is 0 Å². The lowest BCUT2D eigenvalue weighted by atomic mass is 10.6. The standard InChI is InChI=1S/C3H5NO3/c1-4-2(5)3(6)7/h1H3,(H,4,5)(H,6,7)/p-1. The van der Waals surface area contributed by atoms with Crippen LogP contribution in [0.15, 0.2) is 0 Å². The van der Waals surface area contributed by atoms with E-state index in [1.54, 1.807) is 0 Å². The molecule has 0 saturated carbocycles. The van der Waals surface area contributed by atoms with Crippen molar-refractivity contribution in [2.24, 2.45) is 0 Å². The average Bonchev–Trinajstić information content (AvgIpc) is 1.65. The van der Waals surface area contributed by atoms with Crippen molar-refractivity contribution >= 4 is 11.9 Å². The molecule has 40 valence electrons. The second kappa shape index (κ2) is 2.17. The van der Waals surface area contributed by atoms with Crippen LogP contribution in [0.25, 0.3) is 0 Å². The molecule has 0 spiro atoms. The number of carboxylic acid groups (broad SMARTS) is 1. The first-order valence-corrected chi connectivity index (χ1v) is 1.61. The van der Waals surface area contributed by atoms with E-state index in [9.17, 15) is 14.7 Å². The van der Waals surface area contributed by atoms with Crippen molar-refractivity contribution in [2.45, 2.75) is 0 Å². The zero-order valence-corrected chi connectivity index (χ0v) is 3.72. The highest BCUT2D eigenvalue weighted by molar-refractivity contribution is 6.30. The van der Waals surface area contributed by atoms with Gasteiger partial charge in [0.1, 0.15) is 5.97 Å². The number of aliphatic carboxylic acids is 1. The van der Waals surface area contributed by atoms with Crippen molar-refractivity contribution < 1.29 is 14.7 Å². The SMILES string of the molecule is CNC(=O)C(=O)[O-]. The molecule has 7 heavy (non-hydrogen) atoms. The number of likely N-dealkylation sites (N-methyl/N-ethyl adjacent to an activating group) is 1. The molecule has 0 aromatic heterocycles. The Labute approximate surface area is 40.1 Å². The first kappa shape index (κ1) is 5.94. The largest absolute Gasteiger partial charge is 0.540 e. The summed E-state index contributed by atoms with van der Waals surface area (Å²) in [5.41, 5.74) is 0. The first-order valence-electron chi connectivity index (χ1n) is 1.61. The monoisotopic (exact) mass is 102 g/mol. The van der Waals surface area contributed by atoms with Crippen LogP contribution < -0.4 is 10.4 Å². The van der Waals surface area contributed by atoms with E-state index in [1.807, 2.05) is 5.32 Å². The molecule has 0 aromatic carbocycles. The molecule has 0 bridgehead atoms. The summed E-state index contributed by atoms with van der Waals surface area (Å²) in [4.78, 5) is 19.1. The van der Waals surface area contributed by atoms with E-state index in [4.69, 9.17) is 0 Å². The Hall–Kier alpha value is -1.06. The summed E-state index contributed by atoms with van der Waals surface area (Å²) in [6, 6.07) is 0. The number of carbonyl (C=O) groups excluding carboxylic acids is 2. The van der Waals surface area contributed by atoms with Crippen molar-refractivity contribution in [3.05, 3.63) is 0 Å². The summed E-state index contributed by atoms with van der Waals surface area (Å²) in [6.07, 6.45) is 0. The van der Waals surface area contributed by atoms with Crippen LogP contribution in [0, 0.1) is 0 Å². The van der Waals surface area contributed by atoms with Crippen LogP contribution in [0.2, 0.25) is 0 Å². The Morgan fingerprint density at radius 3 is 2.00 bits per heavy atom. The maximum absolute atomic E-state index is 9.74. The minimum atomic E-state index is -1.71. The normalized spacial score (nSPS) is 7.57. The lowest BCUT2D eigenvalue weighted by Gasteiger charge is -1.95. The Kier molecular flexibility index (Phi) is 1.84. The molecule has 0 aromatic rings. The molecular weight excluding hydrogens is 98.0 g/mol. The number of nitrogens with one attached hydrogen (secondary N) is 1. The number of carbonyl (C=O) groups is 2. The molecule has 0 radical (unpaired) electrons. The van der Waals surface area contributed by atoms with Gasteiger partial charge in [-0.2, -0.15) is 0 Å². The van der Waals surface area contributed by atoms with Gasteiger partial charge in [-0.3, -0.25) is 4.79 Å². The maximum atomic E-state index is 9.74. The Morgan fingerprint density at radius 2 is 2.00 bits per heavy atom. The summed E-state index contributed by atoms with van der Waals surface area (Å²) < 4.78 is 0. The van der Waals surface area contributed by atoms with E-state index in [1.165, 1.54) is 7.05 Å². The van der Waals surface area contributed by atoms with Crippen LogP contribution in [-0.2, 0) is 9.59 Å². The van der Waals surface area contributed by atoms with Crippen molar-refractivity contribution in [1.29, 1.82) is 0 Å². The van der Waals surface area contributed by atoms with Crippen molar-refractivity contribution in [3.8, 4) is 0 Å². The molecule has 1 amide bonds. The number of amides is 1. The van der Waals surface area contributed by atoms with E-state index in [0.29, 0.717) is 0 Å². The van der Waals surface area contributed by atoms with E-state index < -0.39 is 11.9 Å². The highest BCUT2D eigenvalue weighted by atomic mass is 16.4. The molecular formula is C3H4NO3-. The zero-order chi connectivity index (χ0) is 5.86. The molecule has 0 atom stereocenters. The summed E-state index contributed by atoms with van der Waals surface area (Å²) in [5.74, 6) is -2.80. The van der Waals surface area contributed by atoms with Gasteiger partial charge in [0.2, 0.25) is 0 Å². The fourth-order valence-electron chi connectivity index (χ4n) is 0.102. The topological polar surface area (TPSA) is 69.2 Å². The van der Waals surface area contributed by atoms with Gasteiger partial charge in [-0.1, -0.05) is 0 Å². The number of rotatable bonds is 0. The number of carboxylic acids is 1. The Balaban J connectivity index is 3.58. The Morgan fingerprint density at radius 1 is 1.57 bits per heavy atom. The van der Waals surface area contributed by atoms with Crippen LogP contribution in [0.4, 0.5) is 0 Å². The third-order valence-corrected chi connectivity index (χ3v) is 0.412. The van der Waals surface area contributed by atoms with Gasteiger partial charge < -0.3 is 15.2 Å². The molecule has 0 heterocycles. The van der Waals surface area contributed by atoms with E-state index in [-0.39, 0.29) is 0 Å². The van der Waals surface area contributed by atoms with Gasteiger partial charge in [0, 0.05) is 7.05 Å². The average molecular weight is 102 g/mol. The van der Waals surface area contributed by atoms with E-state index in [0.717, 1.165) is 0 Å². The second-order valence-electron chi connectivity index (χ2n) is 0.867. The van der Waals surface area contributed by atoms with Gasteiger partial charge in [0.25, 0.3) is 5.91 Å². The summed E-state index contributed by atoms with van der Waals surface area (Å²) in [7, 11) is 1.22. The predicted octanol–water partition coefficient (Wildman–Crippen LogP) is -2.52. The molecule has 4 nitrogen and oxygen atoms in total. The lowest BCUT2D eigenvalue weighted by molar-refractivity contribution is -0.300. The molecule has 0 aliphatic rings. The first-order chi connectivity index (χ1) is 3.18.